The fourth-order valence-electron chi connectivity index (χ4n) is 1.23. The predicted molar refractivity (Wildman–Crippen MR) is 40.2 cm³/mol. The number of aromatic amines is 1. The predicted octanol–water partition coefficient (Wildman–Crippen LogP) is 0.494. The second kappa shape index (κ2) is 2.23. The van der Waals surface area contributed by atoms with Crippen LogP contribution < -0.4 is 5.73 Å². The van der Waals surface area contributed by atoms with Gasteiger partial charge >= 0.3 is 6.09 Å². The Balaban J connectivity index is 2.17. The van der Waals surface area contributed by atoms with E-state index in [9.17, 15) is 4.79 Å². The molecule has 1 aromatic rings. The lowest BCUT2D eigenvalue weighted by Gasteiger charge is -2.11. The summed E-state index contributed by atoms with van der Waals surface area (Å²) >= 11 is 0. The lowest BCUT2D eigenvalue weighted by Crippen LogP contribution is -2.22. The molecule has 1 aromatic heterocycles. The lowest BCUT2D eigenvalue weighted by atomic mass is 10.2. The van der Waals surface area contributed by atoms with E-state index >= 15 is 0 Å². The smallest absolute Gasteiger partial charge is 0.405 e. The third kappa shape index (κ3) is 1.03. The van der Waals surface area contributed by atoms with Crippen LogP contribution in [-0.4, -0.2) is 16.1 Å². The molecule has 12 heavy (non-hydrogen) atoms. The Morgan fingerprint density at radius 1 is 1.75 bits per heavy atom. The number of nitrogens with zero attached hydrogens (tertiary/aromatic N) is 1. The van der Waals surface area contributed by atoms with Crippen LogP contribution in [0, 0.1) is 0 Å². The molecule has 0 unspecified atom stereocenters. The zero-order valence-corrected chi connectivity index (χ0v) is 6.41. The van der Waals surface area contributed by atoms with Crippen LogP contribution in [0.1, 0.15) is 18.5 Å². The maximum absolute atomic E-state index is 10.5. The molecular weight excluding hydrogens is 158 g/mol. The minimum atomic E-state index is -0.740. The molecule has 1 aliphatic rings. The number of amides is 1. The summed E-state index contributed by atoms with van der Waals surface area (Å²) in [4.78, 5) is 17.3. The van der Waals surface area contributed by atoms with Crippen molar-refractivity contribution in [2.24, 2.45) is 5.73 Å². The third-order valence-corrected chi connectivity index (χ3v) is 1.97. The molecule has 3 N–H and O–H groups in total. The molecule has 5 heteroatoms. The maximum atomic E-state index is 10.5. The number of carbonyl (C=O) groups is 1. The molecule has 2 rings (SSSR count). The minimum Gasteiger partial charge on any atom is -0.436 e. The van der Waals surface area contributed by atoms with Gasteiger partial charge in [0.1, 0.15) is 5.69 Å². The van der Waals surface area contributed by atoms with Gasteiger partial charge in [0.15, 0.2) is 5.60 Å². The van der Waals surface area contributed by atoms with Gasteiger partial charge in [-0.1, -0.05) is 0 Å². The highest BCUT2D eigenvalue weighted by Gasteiger charge is 2.50. The topological polar surface area (TPSA) is 81.0 Å². The van der Waals surface area contributed by atoms with Gasteiger partial charge in [0.2, 0.25) is 0 Å². The molecular formula is C7H9N3O2. The zero-order valence-electron chi connectivity index (χ0n) is 6.41. The average Bonchev–Trinajstić information content (AvgIpc) is 2.61. The summed E-state index contributed by atoms with van der Waals surface area (Å²) < 4.78 is 4.95. The average molecular weight is 167 g/mol. The molecule has 0 atom stereocenters. The van der Waals surface area contributed by atoms with E-state index in [0.29, 0.717) is 0 Å². The number of rotatable bonds is 2. The normalized spacial score (nSPS) is 18.7. The molecule has 0 saturated heterocycles. The molecule has 0 aromatic carbocycles. The fraction of sp³-hybridized carbons (Fsp3) is 0.429. The largest absolute Gasteiger partial charge is 0.436 e. The van der Waals surface area contributed by atoms with Gasteiger partial charge < -0.3 is 15.5 Å². The Morgan fingerprint density at radius 2 is 2.50 bits per heavy atom. The van der Waals surface area contributed by atoms with E-state index in [1.165, 1.54) is 0 Å². The minimum absolute atomic E-state index is 0.522. The van der Waals surface area contributed by atoms with E-state index in [0.717, 1.165) is 18.5 Å². The van der Waals surface area contributed by atoms with Crippen LogP contribution in [-0.2, 0) is 10.3 Å². The zero-order chi connectivity index (χ0) is 8.60. The number of H-pyrrole nitrogens is 1. The van der Waals surface area contributed by atoms with Gasteiger partial charge in [-0.2, -0.15) is 0 Å². The summed E-state index contributed by atoms with van der Waals surface area (Å²) in [5.74, 6) is 0. The van der Waals surface area contributed by atoms with E-state index in [1.54, 1.807) is 12.5 Å². The van der Waals surface area contributed by atoms with Crippen LogP contribution in [0.25, 0.3) is 0 Å². The van der Waals surface area contributed by atoms with Crippen LogP contribution in [0.4, 0.5) is 4.79 Å². The lowest BCUT2D eigenvalue weighted by molar-refractivity contribution is 0.0875. The van der Waals surface area contributed by atoms with Gasteiger partial charge in [-0.25, -0.2) is 9.78 Å². The monoisotopic (exact) mass is 167 g/mol. The second-order valence-corrected chi connectivity index (χ2v) is 2.87. The summed E-state index contributed by atoms with van der Waals surface area (Å²) in [5.41, 5.74) is 5.15. The number of aromatic nitrogens is 2. The van der Waals surface area contributed by atoms with Gasteiger partial charge in [-0.05, 0) is 12.8 Å². The van der Waals surface area contributed by atoms with E-state index in [-0.39, 0.29) is 0 Å². The Hall–Kier alpha value is -1.52. The second-order valence-electron chi connectivity index (χ2n) is 2.87. The standard InChI is InChI=1S/C7H9N3O2/c8-6(11)12-7(1-2-7)5-3-9-4-10-5/h3-4H,1-2H2,(H2,8,11)(H,9,10). The quantitative estimate of drug-likeness (QED) is 0.672. The van der Waals surface area contributed by atoms with Crippen molar-refractivity contribution in [2.75, 3.05) is 0 Å². The van der Waals surface area contributed by atoms with Gasteiger partial charge in [-0.3, -0.25) is 0 Å². The first-order valence-electron chi connectivity index (χ1n) is 3.71. The highest BCUT2D eigenvalue weighted by Crippen LogP contribution is 2.48. The number of nitrogens with one attached hydrogen (secondary N) is 1. The van der Waals surface area contributed by atoms with E-state index in [4.69, 9.17) is 10.5 Å². The molecule has 0 spiro atoms. The summed E-state index contributed by atoms with van der Waals surface area (Å²) in [6, 6.07) is 0. The number of nitrogens with two attached hydrogens (primary N) is 1. The summed E-state index contributed by atoms with van der Waals surface area (Å²) in [7, 11) is 0. The molecule has 0 radical (unpaired) electrons. The van der Waals surface area contributed by atoms with Crippen molar-refractivity contribution in [3.05, 3.63) is 18.2 Å². The van der Waals surface area contributed by atoms with E-state index in [1.807, 2.05) is 0 Å². The van der Waals surface area contributed by atoms with Crippen molar-refractivity contribution in [2.45, 2.75) is 18.4 Å². The highest BCUT2D eigenvalue weighted by molar-refractivity contribution is 5.65. The molecule has 5 nitrogen and oxygen atoms in total. The number of hydrogen-bond acceptors (Lipinski definition) is 3. The molecule has 1 saturated carbocycles. The molecule has 1 aliphatic carbocycles. The van der Waals surface area contributed by atoms with Crippen LogP contribution in [0.5, 0.6) is 0 Å². The van der Waals surface area contributed by atoms with Gasteiger partial charge in [0, 0.05) is 6.20 Å². The molecule has 64 valence electrons. The first kappa shape index (κ1) is 7.15. The highest BCUT2D eigenvalue weighted by atomic mass is 16.6. The van der Waals surface area contributed by atoms with E-state index < -0.39 is 11.7 Å². The van der Waals surface area contributed by atoms with Crippen molar-refractivity contribution in [3.63, 3.8) is 0 Å². The number of primary amides is 1. The number of carbonyl (C=O) groups excluding carboxylic acids is 1. The van der Waals surface area contributed by atoms with Crippen LogP contribution in [0.2, 0.25) is 0 Å². The van der Waals surface area contributed by atoms with Crippen molar-refractivity contribution in [3.8, 4) is 0 Å². The number of hydrogen-bond donors (Lipinski definition) is 2. The summed E-state index contributed by atoms with van der Waals surface area (Å²) in [5, 5.41) is 0. The van der Waals surface area contributed by atoms with Crippen LogP contribution in [0.15, 0.2) is 12.5 Å². The van der Waals surface area contributed by atoms with Crippen molar-refractivity contribution >= 4 is 6.09 Å². The molecule has 0 bridgehead atoms. The van der Waals surface area contributed by atoms with Gasteiger partial charge in [-0.15, -0.1) is 0 Å². The van der Waals surface area contributed by atoms with Gasteiger partial charge in [0.05, 0.1) is 6.33 Å². The third-order valence-electron chi connectivity index (χ3n) is 1.97. The Bertz CT molecular complexity index is 290. The first-order chi connectivity index (χ1) is 5.73. The van der Waals surface area contributed by atoms with Crippen LogP contribution in [0.3, 0.4) is 0 Å². The first-order valence-corrected chi connectivity index (χ1v) is 3.71. The van der Waals surface area contributed by atoms with E-state index in [2.05, 4.69) is 9.97 Å². The molecule has 0 aliphatic heterocycles. The molecule has 1 amide bonds. The SMILES string of the molecule is NC(=O)OC1(c2c[nH]cn2)CC1. The number of imidazole rings is 1. The van der Waals surface area contributed by atoms with Crippen molar-refractivity contribution in [1.29, 1.82) is 0 Å². The number of ether oxygens (including phenoxy) is 1. The van der Waals surface area contributed by atoms with Crippen LogP contribution >= 0.6 is 0 Å². The maximum Gasteiger partial charge on any atom is 0.405 e. The summed E-state index contributed by atoms with van der Waals surface area (Å²) in [6.07, 6.45) is 4.15. The Morgan fingerprint density at radius 3 is 2.92 bits per heavy atom. The van der Waals surface area contributed by atoms with Gasteiger partial charge in [0.25, 0.3) is 0 Å². The molecule has 1 fully saturated rings. The fourth-order valence-corrected chi connectivity index (χ4v) is 1.23. The Kier molecular flexibility index (Phi) is 1.33. The summed E-state index contributed by atoms with van der Waals surface area (Å²) in [6.45, 7) is 0. The van der Waals surface area contributed by atoms with Crippen molar-refractivity contribution in [1.82, 2.24) is 9.97 Å². The molecule has 1 heterocycles. The Labute approximate surface area is 68.9 Å². The van der Waals surface area contributed by atoms with Crippen molar-refractivity contribution < 1.29 is 9.53 Å².